The van der Waals surface area contributed by atoms with Crippen LogP contribution in [0.3, 0.4) is 0 Å². The molecule has 2 aliphatic rings. The van der Waals surface area contributed by atoms with Gasteiger partial charge in [0.2, 0.25) is 6.17 Å². The summed E-state index contributed by atoms with van der Waals surface area (Å²) in [7, 11) is 0. The van der Waals surface area contributed by atoms with E-state index < -0.39 is 42.0 Å². The average Bonchev–Trinajstić information content (AvgIpc) is 3.07. The lowest BCUT2D eigenvalue weighted by atomic mass is 9.94. The quantitative estimate of drug-likeness (QED) is 0.589. The van der Waals surface area contributed by atoms with Gasteiger partial charge in [-0.1, -0.05) is 0 Å². The first-order chi connectivity index (χ1) is 10.1. The number of hydrogen-bond acceptors (Lipinski definition) is 10. The molecule has 1 aromatic rings. The van der Waals surface area contributed by atoms with E-state index in [2.05, 4.69) is 25.8 Å². The molecule has 3 unspecified atom stereocenters. The van der Waals surface area contributed by atoms with Crippen molar-refractivity contribution in [3.8, 4) is 0 Å². The second-order valence-corrected chi connectivity index (χ2v) is 4.60. The maximum atomic E-state index is 11.7. The van der Waals surface area contributed by atoms with Gasteiger partial charge < -0.3 is 14.9 Å². The van der Waals surface area contributed by atoms with E-state index >= 15 is 0 Å². The van der Waals surface area contributed by atoms with Crippen LogP contribution >= 0.6 is 0 Å². The molecule has 0 aliphatic carbocycles. The Morgan fingerprint density at radius 2 is 2.14 bits per heavy atom. The van der Waals surface area contributed by atoms with Crippen molar-refractivity contribution < 1.29 is 14.9 Å². The number of aliphatic hydroxyl groups is 2. The number of nitrogens with one attached hydrogen (secondary N) is 1. The average molecular weight is 297 g/mol. The van der Waals surface area contributed by atoms with Gasteiger partial charge in [-0.05, 0) is 10.4 Å². The summed E-state index contributed by atoms with van der Waals surface area (Å²) in [6.45, 7) is -0.606. The molecule has 112 valence electrons. The van der Waals surface area contributed by atoms with E-state index in [0.717, 1.165) is 10.9 Å². The second-order valence-electron chi connectivity index (χ2n) is 4.60. The van der Waals surface area contributed by atoms with Gasteiger partial charge in [-0.3, -0.25) is 9.78 Å². The van der Waals surface area contributed by atoms with Crippen molar-refractivity contribution in [2.24, 2.45) is 20.7 Å². The number of H-pyrrole nitrogens is 1. The summed E-state index contributed by atoms with van der Waals surface area (Å²) < 4.78 is 6.44. The number of aliphatic hydroxyl groups excluding tert-OH is 2. The molecule has 0 amide bonds. The molecule has 0 spiro atoms. The van der Waals surface area contributed by atoms with Gasteiger partial charge in [0.25, 0.3) is 5.56 Å². The van der Waals surface area contributed by atoms with Gasteiger partial charge in [0, 0.05) is 6.42 Å². The molecule has 21 heavy (non-hydrogen) atoms. The fourth-order valence-corrected chi connectivity index (χ4v) is 2.31. The fourth-order valence-electron chi connectivity index (χ4n) is 2.31. The first-order valence-corrected chi connectivity index (χ1v) is 6.01. The number of aromatic nitrogens is 3. The molecule has 2 aliphatic heterocycles. The van der Waals surface area contributed by atoms with E-state index in [1.165, 1.54) is 0 Å². The van der Waals surface area contributed by atoms with Crippen LogP contribution < -0.4 is 11.2 Å². The van der Waals surface area contributed by atoms with E-state index in [4.69, 9.17) is 4.74 Å². The Labute approximate surface area is 115 Å². The molecular formula is C9H11N7O5. The zero-order valence-electron chi connectivity index (χ0n) is 10.5. The largest absolute Gasteiger partial charge is 0.393 e. The second kappa shape index (κ2) is 4.91. The maximum Gasteiger partial charge on any atom is 0.347 e. The van der Waals surface area contributed by atoms with Crippen LogP contribution in [0.1, 0.15) is 12.6 Å². The highest BCUT2D eigenvalue weighted by Crippen LogP contribution is 2.40. The lowest BCUT2D eigenvalue weighted by Crippen LogP contribution is -2.51. The number of aromatic amines is 1. The Bertz CT molecular complexity index is 699. The third-order valence-electron chi connectivity index (χ3n) is 3.40. The topological polar surface area (TPSA) is 167 Å². The Morgan fingerprint density at radius 3 is 2.76 bits per heavy atom. The summed E-state index contributed by atoms with van der Waals surface area (Å²) in [5.41, 5.74) is -3.00. The van der Waals surface area contributed by atoms with Crippen LogP contribution in [0.2, 0.25) is 0 Å². The number of ether oxygens (including phenoxy) is 1. The van der Waals surface area contributed by atoms with Gasteiger partial charge >= 0.3 is 5.69 Å². The Kier molecular flexibility index (Phi) is 3.19. The molecule has 0 bridgehead atoms. The van der Waals surface area contributed by atoms with Crippen molar-refractivity contribution in [1.29, 1.82) is 0 Å². The number of hydrogen-bond donors (Lipinski definition) is 3. The zero-order chi connectivity index (χ0) is 15.0. The molecule has 3 heterocycles. The predicted octanol–water partition coefficient (Wildman–Crippen LogP) is -1.90. The monoisotopic (exact) mass is 297 g/mol. The van der Waals surface area contributed by atoms with Gasteiger partial charge in [-0.2, -0.15) is 9.78 Å². The van der Waals surface area contributed by atoms with Crippen molar-refractivity contribution >= 4 is 0 Å². The molecule has 1 aromatic heterocycles. The summed E-state index contributed by atoms with van der Waals surface area (Å²) in [6, 6.07) is 0. The van der Waals surface area contributed by atoms with Crippen molar-refractivity contribution in [1.82, 2.24) is 14.8 Å². The lowest BCUT2D eigenvalue weighted by molar-refractivity contribution is -0.142. The van der Waals surface area contributed by atoms with Gasteiger partial charge in [0.1, 0.15) is 6.20 Å². The minimum absolute atomic E-state index is 0.0406. The van der Waals surface area contributed by atoms with E-state index in [1.54, 1.807) is 0 Å². The van der Waals surface area contributed by atoms with Crippen LogP contribution in [0.25, 0.3) is 0 Å². The highest BCUT2D eigenvalue weighted by atomic mass is 16.6. The molecule has 1 saturated heterocycles. The van der Waals surface area contributed by atoms with Crippen LogP contribution in [-0.2, 0) is 4.74 Å². The maximum absolute atomic E-state index is 11.7. The first-order valence-electron chi connectivity index (χ1n) is 6.01. The van der Waals surface area contributed by atoms with Crippen LogP contribution in [-0.4, -0.2) is 49.5 Å². The van der Waals surface area contributed by atoms with Gasteiger partial charge in [-0.25, -0.2) is 4.79 Å². The number of rotatable bonds is 3. The van der Waals surface area contributed by atoms with E-state index in [-0.39, 0.29) is 6.42 Å². The van der Waals surface area contributed by atoms with Crippen molar-refractivity contribution in [2.75, 3.05) is 6.61 Å². The van der Waals surface area contributed by atoms with Crippen LogP contribution in [0.4, 0.5) is 0 Å². The summed E-state index contributed by atoms with van der Waals surface area (Å²) >= 11 is 0. The molecule has 0 radical (unpaired) electrons. The van der Waals surface area contributed by atoms with Crippen LogP contribution in [0.15, 0.2) is 36.5 Å². The summed E-state index contributed by atoms with van der Waals surface area (Å²) in [5.74, 6) is 0. The molecule has 1 fully saturated rings. The molecule has 3 N–H and O–H groups in total. The predicted molar refractivity (Wildman–Crippen MR) is 63.2 cm³/mol. The minimum atomic E-state index is -1.56. The van der Waals surface area contributed by atoms with Gasteiger partial charge in [-0.15, -0.1) is 10.2 Å². The molecule has 3 atom stereocenters. The smallest absolute Gasteiger partial charge is 0.347 e. The van der Waals surface area contributed by atoms with E-state index in [1.807, 2.05) is 4.98 Å². The normalized spacial score (nSPS) is 32.1. The third-order valence-corrected chi connectivity index (χ3v) is 3.40. The summed E-state index contributed by atoms with van der Waals surface area (Å²) in [5, 5.41) is 37.3. The molecule has 12 nitrogen and oxygen atoms in total. The first kappa shape index (κ1) is 13.7. The SMILES string of the molecule is O=c1cnn(C2CC(O)C(CO)(C3N=NN=N3)O2)c(=O)[nH]1. The minimum Gasteiger partial charge on any atom is -0.393 e. The van der Waals surface area contributed by atoms with Crippen molar-refractivity contribution in [3.05, 3.63) is 27.0 Å². The highest BCUT2D eigenvalue weighted by molar-refractivity contribution is 5.02. The summed E-state index contributed by atoms with van der Waals surface area (Å²) in [4.78, 5) is 24.7. The standard InChI is InChI=1S/C9H11N7O5/c17-3-9(7-12-14-15-13-7)4(18)1-6(21-9)16-8(20)11-5(19)2-10-16/h2,4,6-7,17-18H,1,3H2,(H,11,19,20). The van der Waals surface area contributed by atoms with E-state index in [0.29, 0.717) is 0 Å². The van der Waals surface area contributed by atoms with Crippen LogP contribution in [0.5, 0.6) is 0 Å². The highest BCUT2D eigenvalue weighted by Gasteiger charge is 2.56. The Morgan fingerprint density at radius 1 is 1.43 bits per heavy atom. The Balaban J connectivity index is 1.95. The molecule has 3 rings (SSSR count). The molecule has 12 heteroatoms. The zero-order valence-corrected chi connectivity index (χ0v) is 10.5. The lowest BCUT2D eigenvalue weighted by Gasteiger charge is -2.30. The third kappa shape index (κ3) is 2.09. The van der Waals surface area contributed by atoms with E-state index in [9.17, 15) is 19.8 Å². The fraction of sp³-hybridized carbons (Fsp3) is 0.667. The van der Waals surface area contributed by atoms with Crippen molar-refractivity contribution in [3.63, 3.8) is 0 Å². The molecule has 0 saturated carbocycles. The van der Waals surface area contributed by atoms with Gasteiger partial charge in [0.05, 0.1) is 12.7 Å². The molecule has 0 aromatic carbocycles. The van der Waals surface area contributed by atoms with Crippen LogP contribution in [0, 0.1) is 0 Å². The number of nitrogens with zero attached hydrogens (tertiary/aromatic N) is 6. The summed E-state index contributed by atoms with van der Waals surface area (Å²) in [6.07, 6.45) is -2.30. The Hall–Kier alpha value is -2.31. The van der Waals surface area contributed by atoms with Gasteiger partial charge in [0.15, 0.2) is 11.8 Å². The van der Waals surface area contributed by atoms with Crippen molar-refractivity contribution in [2.45, 2.75) is 30.5 Å². The molecular weight excluding hydrogens is 286 g/mol.